The highest BCUT2D eigenvalue weighted by Crippen LogP contribution is 2.27. The van der Waals surface area contributed by atoms with Crippen LogP contribution in [0.4, 0.5) is 5.69 Å². The second-order valence-electron chi connectivity index (χ2n) is 4.72. The van der Waals surface area contributed by atoms with Crippen molar-refractivity contribution in [2.75, 3.05) is 18.0 Å². The molecule has 1 aromatic rings. The van der Waals surface area contributed by atoms with Gasteiger partial charge in [-0.1, -0.05) is 0 Å². The van der Waals surface area contributed by atoms with Crippen molar-refractivity contribution in [2.24, 2.45) is 0 Å². The van der Waals surface area contributed by atoms with Gasteiger partial charge in [0, 0.05) is 36.0 Å². The van der Waals surface area contributed by atoms with Crippen molar-refractivity contribution in [1.29, 1.82) is 0 Å². The van der Waals surface area contributed by atoms with Crippen molar-refractivity contribution >= 4 is 30.1 Å². The molecular formula is C14H18N2O2S. The van der Waals surface area contributed by atoms with Gasteiger partial charge in [-0.05, 0) is 37.6 Å². The molecule has 1 fully saturated rings. The first kappa shape index (κ1) is 13.9. The summed E-state index contributed by atoms with van der Waals surface area (Å²) in [5.74, 6) is 0.00540. The topological polar surface area (TPSA) is 49.4 Å². The highest BCUT2D eigenvalue weighted by atomic mass is 32.1. The van der Waals surface area contributed by atoms with Crippen LogP contribution in [0.1, 0.15) is 29.3 Å². The van der Waals surface area contributed by atoms with Gasteiger partial charge in [0.2, 0.25) is 5.91 Å². The van der Waals surface area contributed by atoms with Crippen LogP contribution in [0, 0.1) is 6.92 Å². The van der Waals surface area contributed by atoms with Gasteiger partial charge < -0.3 is 10.2 Å². The molecule has 1 N–H and O–H groups in total. The molecule has 19 heavy (non-hydrogen) atoms. The summed E-state index contributed by atoms with van der Waals surface area (Å²) in [5, 5.41) is 2.85. The molecule has 0 aliphatic carbocycles. The molecule has 0 saturated carbocycles. The van der Waals surface area contributed by atoms with Crippen molar-refractivity contribution < 1.29 is 9.59 Å². The van der Waals surface area contributed by atoms with Gasteiger partial charge in [-0.15, -0.1) is 0 Å². The maximum atomic E-state index is 11.9. The predicted molar refractivity (Wildman–Crippen MR) is 78.9 cm³/mol. The van der Waals surface area contributed by atoms with Crippen LogP contribution in [0.15, 0.2) is 18.2 Å². The molecule has 0 radical (unpaired) electrons. The van der Waals surface area contributed by atoms with Crippen LogP contribution in [0.3, 0.4) is 0 Å². The number of carbonyl (C=O) groups is 2. The molecule has 2 rings (SSSR count). The number of rotatable bonds is 3. The third kappa shape index (κ3) is 2.92. The maximum Gasteiger partial charge on any atom is 0.251 e. The van der Waals surface area contributed by atoms with Crippen molar-refractivity contribution in [2.45, 2.75) is 25.5 Å². The van der Waals surface area contributed by atoms with E-state index in [-0.39, 0.29) is 17.1 Å². The minimum atomic E-state index is -0.0861. The standard InChI is InChI=1S/C14H18N2O2S/c1-3-15-14(18)10-4-5-12(9(2)6-10)16-8-11(19)7-13(16)17/h4-6,11,19H,3,7-8H2,1-2H3,(H,15,18). The van der Waals surface area contributed by atoms with Gasteiger partial charge in [0.05, 0.1) is 0 Å². The molecule has 1 heterocycles. The summed E-state index contributed by atoms with van der Waals surface area (Å²) >= 11 is 4.35. The largest absolute Gasteiger partial charge is 0.352 e. The fraction of sp³-hybridized carbons (Fsp3) is 0.429. The highest BCUT2D eigenvalue weighted by molar-refractivity contribution is 7.81. The number of nitrogens with one attached hydrogen (secondary N) is 1. The maximum absolute atomic E-state index is 11.9. The fourth-order valence-corrected chi connectivity index (χ4v) is 2.60. The smallest absolute Gasteiger partial charge is 0.251 e. The summed E-state index contributed by atoms with van der Waals surface area (Å²) in [6.45, 7) is 5.03. The molecule has 0 spiro atoms. The van der Waals surface area contributed by atoms with Crippen molar-refractivity contribution in [1.82, 2.24) is 5.32 Å². The van der Waals surface area contributed by atoms with E-state index in [9.17, 15) is 9.59 Å². The Balaban J connectivity index is 2.25. The summed E-state index contributed by atoms with van der Waals surface area (Å²) < 4.78 is 0. The van der Waals surface area contributed by atoms with Crippen LogP contribution in [-0.2, 0) is 4.79 Å². The lowest BCUT2D eigenvalue weighted by Crippen LogP contribution is -2.26. The SMILES string of the molecule is CCNC(=O)c1ccc(N2CC(S)CC2=O)c(C)c1. The molecule has 1 saturated heterocycles. The number of carbonyl (C=O) groups excluding carboxylic acids is 2. The van der Waals surface area contributed by atoms with Crippen molar-refractivity contribution in [3.05, 3.63) is 29.3 Å². The Morgan fingerprint density at radius 3 is 2.79 bits per heavy atom. The Hall–Kier alpha value is -1.49. The third-order valence-corrected chi connectivity index (χ3v) is 3.54. The van der Waals surface area contributed by atoms with Crippen LogP contribution >= 0.6 is 12.6 Å². The van der Waals surface area contributed by atoms with Gasteiger partial charge in [0.1, 0.15) is 0 Å². The van der Waals surface area contributed by atoms with Gasteiger partial charge in [-0.3, -0.25) is 9.59 Å². The Morgan fingerprint density at radius 2 is 2.26 bits per heavy atom. The average Bonchev–Trinajstić information content (AvgIpc) is 2.68. The zero-order valence-corrected chi connectivity index (χ0v) is 12.0. The Morgan fingerprint density at radius 1 is 1.53 bits per heavy atom. The van der Waals surface area contributed by atoms with Gasteiger partial charge in [-0.2, -0.15) is 12.6 Å². The minimum absolute atomic E-state index is 0.0861. The normalized spacial score (nSPS) is 18.8. The molecule has 1 unspecified atom stereocenters. The Labute approximate surface area is 118 Å². The van der Waals surface area contributed by atoms with E-state index in [0.717, 1.165) is 11.3 Å². The van der Waals surface area contributed by atoms with E-state index in [1.807, 2.05) is 26.0 Å². The lowest BCUT2D eigenvalue weighted by Gasteiger charge is -2.19. The van der Waals surface area contributed by atoms with E-state index in [1.54, 1.807) is 11.0 Å². The summed E-state index contributed by atoms with van der Waals surface area (Å²) in [4.78, 5) is 25.3. The molecule has 1 aromatic carbocycles. The summed E-state index contributed by atoms with van der Waals surface area (Å²) in [6, 6.07) is 5.41. The number of thiol groups is 1. The monoisotopic (exact) mass is 278 g/mol. The number of benzene rings is 1. The van der Waals surface area contributed by atoms with E-state index < -0.39 is 0 Å². The first-order valence-electron chi connectivity index (χ1n) is 6.40. The summed E-state index contributed by atoms with van der Waals surface area (Å²) in [6.07, 6.45) is 0.473. The number of nitrogens with zero attached hydrogens (tertiary/aromatic N) is 1. The molecule has 0 aromatic heterocycles. The lowest BCUT2D eigenvalue weighted by molar-refractivity contribution is -0.117. The molecule has 4 nitrogen and oxygen atoms in total. The van der Waals surface area contributed by atoms with Gasteiger partial charge in [0.15, 0.2) is 0 Å². The lowest BCUT2D eigenvalue weighted by atomic mass is 10.1. The minimum Gasteiger partial charge on any atom is -0.352 e. The second-order valence-corrected chi connectivity index (χ2v) is 5.45. The number of hydrogen-bond acceptors (Lipinski definition) is 3. The van der Waals surface area contributed by atoms with Gasteiger partial charge in [-0.25, -0.2) is 0 Å². The quantitative estimate of drug-likeness (QED) is 0.828. The molecule has 5 heteroatoms. The summed E-state index contributed by atoms with van der Waals surface area (Å²) in [7, 11) is 0. The highest BCUT2D eigenvalue weighted by Gasteiger charge is 2.29. The zero-order valence-electron chi connectivity index (χ0n) is 11.1. The first-order chi connectivity index (χ1) is 9.02. The van der Waals surface area contributed by atoms with E-state index in [4.69, 9.17) is 0 Å². The molecule has 2 amide bonds. The molecule has 1 atom stereocenters. The number of hydrogen-bond donors (Lipinski definition) is 2. The molecule has 1 aliphatic heterocycles. The van der Waals surface area contributed by atoms with Crippen LogP contribution < -0.4 is 10.2 Å². The van der Waals surface area contributed by atoms with Crippen molar-refractivity contribution in [3.63, 3.8) is 0 Å². The predicted octanol–water partition coefficient (Wildman–Crippen LogP) is 1.78. The summed E-state index contributed by atoms with van der Waals surface area (Å²) in [5.41, 5.74) is 2.42. The van der Waals surface area contributed by atoms with Crippen LogP contribution in [0.2, 0.25) is 0 Å². The third-order valence-electron chi connectivity index (χ3n) is 3.19. The molecule has 0 bridgehead atoms. The van der Waals surface area contributed by atoms with Crippen LogP contribution in [0.5, 0.6) is 0 Å². The van der Waals surface area contributed by atoms with E-state index in [0.29, 0.717) is 25.1 Å². The Kier molecular flexibility index (Phi) is 4.14. The second kappa shape index (κ2) is 5.65. The fourth-order valence-electron chi connectivity index (χ4n) is 2.28. The Bertz CT molecular complexity index is 516. The van der Waals surface area contributed by atoms with Gasteiger partial charge >= 0.3 is 0 Å². The van der Waals surface area contributed by atoms with E-state index in [2.05, 4.69) is 17.9 Å². The number of amides is 2. The van der Waals surface area contributed by atoms with Crippen molar-refractivity contribution in [3.8, 4) is 0 Å². The molecular weight excluding hydrogens is 260 g/mol. The number of anilines is 1. The zero-order chi connectivity index (χ0) is 14.0. The molecule has 1 aliphatic rings. The van der Waals surface area contributed by atoms with Crippen LogP contribution in [0.25, 0.3) is 0 Å². The van der Waals surface area contributed by atoms with E-state index >= 15 is 0 Å². The average molecular weight is 278 g/mol. The molecule has 102 valence electrons. The van der Waals surface area contributed by atoms with E-state index in [1.165, 1.54) is 0 Å². The first-order valence-corrected chi connectivity index (χ1v) is 6.92. The van der Waals surface area contributed by atoms with Crippen LogP contribution in [-0.4, -0.2) is 30.2 Å². The number of aryl methyl sites for hydroxylation is 1. The van der Waals surface area contributed by atoms with Gasteiger partial charge in [0.25, 0.3) is 5.91 Å².